The lowest BCUT2D eigenvalue weighted by Crippen LogP contribution is -2.39. The highest BCUT2D eigenvalue weighted by atomic mass is 16.5. The van der Waals surface area contributed by atoms with Crippen LogP contribution in [0, 0.1) is 5.92 Å². The van der Waals surface area contributed by atoms with E-state index in [2.05, 4.69) is 16.9 Å². The number of hydrogen-bond donors (Lipinski definition) is 2. The van der Waals surface area contributed by atoms with Crippen LogP contribution in [0.3, 0.4) is 0 Å². The molecular formula is C23H27N3O4. The Balaban J connectivity index is 2.10. The van der Waals surface area contributed by atoms with Gasteiger partial charge >= 0.3 is 6.09 Å². The lowest BCUT2D eigenvalue weighted by molar-refractivity contribution is 0.176. The van der Waals surface area contributed by atoms with Crippen molar-refractivity contribution in [2.24, 2.45) is 13.0 Å². The van der Waals surface area contributed by atoms with Crippen LogP contribution in [0.4, 0.5) is 4.79 Å². The van der Waals surface area contributed by atoms with Gasteiger partial charge in [0.1, 0.15) is 12.4 Å². The SMILES string of the molecule is C=C(C)c1cc2c3ccncc3c(=O)n(C)c2cc1OCC(CC(C)C)NC(=O)O. The summed E-state index contributed by atoms with van der Waals surface area (Å²) < 4.78 is 7.64. The Kier molecular flexibility index (Phi) is 6.10. The van der Waals surface area contributed by atoms with Crippen LogP contribution in [0.15, 0.2) is 42.0 Å². The van der Waals surface area contributed by atoms with E-state index >= 15 is 0 Å². The molecule has 0 saturated carbocycles. The van der Waals surface area contributed by atoms with Crippen molar-refractivity contribution >= 4 is 33.3 Å². The molecule has 7 nitrogen and oxygen atoms in total. The number of hydrogen-bond acceptors (Lipinski definition) is 4. The molecule has 0 bridgehead atoms. The summed E-state index contributed by atoms with van der Waals surface area (Å²) in [6.07, 6.45) is 2.82. The second-order valence-electron chi connectivity index (χ2n) is 8.02. The minimum absolute atomic E-state index is 0.134. The minimum atomic E-state index is -1.08. The minimum Gasteiger partial charge on any atom is -0.491 e. The molecule has 2 N–H and O–H groups in total. The van der Waals surface area contributed by atoms with Gasteiger partial charge in [-0.3, -0.25) is 9.78 Å². The van der Waals surface area contributed by atoms with Gasteiger partial charge in [-0.25, -0.2) is 4.79 Å². The third kappa shape index (κ3) is 4.30. The second kappa shape index (κ2) is 8.57. The maximum atomic E-state index is 12.8. The number of carboxylic acid groups (broad SMARTS) is 1. The Bertz CT molecular complexity index is 1180. The Labute approximate surface area is 175 Å². The summed E-state index contributed by atoms with van der Waals surface area (Å²) in [4.78, 5) is 28.0. The molecule has 0 aliphatic rings. The van der Waals surface area contributed by atoms with Gasteiger partial charge in [-0.2, -0.15) is 0 Å². The van der Waals surface area contributed by atoms with E-state index in [0.29, 0.717) is 23.5 Å². The molecule has 0 aliphatic heterocycles. The predicted octanol–water partition coefficient (Wildman–Crippen LogP) is 4.18. The fourth-order valence-corrected chi connectivity index (χ4v) is 3.71. The first-order chi connectivity index (χ1) is 14.2. The molecule has 0 spiro atoms. The summed E-state index contributed by atoms with van der Waals surface area (Å²) >= 11 is 0. The highest BCUT2D eigenvalue weighted by Gasteiger charge is 2.18. The number of aromatic nitrogens is 2. The first-order valence-corrected chi connectivity index (χ1v) is 9.87. The summed E-state index contributed by atoms with van der Waals surface area (Å²) in [5.74, 6) is 0.878. The second-order valence-corrected chi connectivity index (χ2v) is 8.02. The van der Waals surface area contributed by atoms with Gasteiger partial charge in [-0.05, 0) is 42.4 Å². The maximum Gasteiger partial charge on any atom is 0.404 e. The summed E-state index contributed by atoms with van der Waals surface area (Å²) in [7, 11) is 1.72. The monoisotopic (exact) mass is 409 g/mol. The zero-order valence-electron chi connectivity index (χ0n) is 17.7. The van der Waals surface area contributed by atoms with Gasteiger partial charge in [0.05, 0.1) is 16.9 Å². The van der Waals surface area contributed by atoms with E-state index in [9.17, 15) is 9.59 Å². The first-order valence-electron chi connectivity index (χ1n) is 9.87. The molecular weight excluding hydrogens is 382 g/mol. The number of ether oxygens (including phenoxy) is 1. The number of nitrogens with one attached hydrogen (secondary N) is 1. The van der Waals surface area contributed by atoms with Crippen molar-refractivity contribution in [3.63, 3.8) is 0 Å². The van der Waals surface area contributed by atoms with Crippen LogP contribution in [0.2, 0.25) is 0 Å². The van der Waals surface area contributed by atoms with Crippen molar-refractivity contribution in [1.82, 2.24) is 14.9 Å². The van der Waals surface area contributed by atoms with Crippen molar-refractivity contribution in [2.75, 3.05) is 6.61 Å². The summed E-state index contributed by atoms with van der Waals surface area (Å²) in [6, 6.07) is 5.28. The highest BCUT2D eigenvalue weighted by Crippen LogP contribution is 2.33. The number of carbonyl (C=O) groups is 1. The Hall–Kier alpha value is -3.35. The number of nitrogens with zero attached hydrogens (tertiary/aromatic N) is 2. The molecule has 158 valence electrons. The maximum absolute atomic E-state index is 12.8. The zero-order chi connectivity index (χ0) is 22.0. The van der Waals surface area contributed by atoms with Crippen LogP contribution in [0.1, 0.15) is 32.8 Å². The highest BCUT2D eigenvalue weighted by molar-refractivity contribution is 6.06. The van der Waals surface area contributed by atoms with Crippen LogP contribution in [-0.4, -0.2) is 33.4 Å². The molecule has 2 heterocycles. The molecule has 30 heavy (non-hydrogen) atoms. The van der Waals surface area contributed by atoms with E-state index in [1.165, 1.54) is 0 Å². The number of amides is 1. The molecule has 1 unspecified atom stereocenters. The van der Waals surface area contributed by atoms with Gasteiger partial charge < -0.3 is 19.7 Å². The van der Waals surface area contributed by atoms with E-state index < -0.39 is 6.09 Å². The Morgan fingerprint density at radius 1 is 1.30 bits per heavy atom. The fourth-order valence-electron chi connectivity index (χ4n) is 3.71. The average molecular weight is 409 g/mol. The smallest absolute Gasteiger partial charge is 0.404 e. The fraction of sp³-hybridized carbons (Fsp3) is 0.348. The molecule has 1 aromatic carbocycles. The predicted molar refractivity (Wildman–Crippen MR) is 119 cm³/mol. The van der Waals surface area contributed by atoms with Gasteiger partial charge in [0.15, 0.2) is 0 Å². The van der Waals surface area contributed by atoms with Crippen LogP contribution in [0.5, 0.6) is 5.75 Å². The molecule has 0 fully saturated rings. The largest absolute Gasteiger partial charge is 0.491 e. The third-order valence-corrected chi connectivity index (χ3v) is 5.09. The third-order valence-electron chi connectivity index (χ3n) is 5.09. The molecule has 1 atom stereocenters. The van der Waals surface area contributed by atoms with Crippen molar-refractivity contribution in [3.05, 3.63) is 53.1 Å². The van der Waals surface area contributed by atoms with E-state index in [0.717, 1.165) is 27.4 Å². The quantitative estimate of drug-likeness (QED) is 0.571. The van der Waals surface area contributed by atoms with Crippen LogP contribution >= 0.6 is 0 Å². The number of pyridine rings is 2. The van der Waals surface area contributed by atoms with Crippen molar-refractivity contribution < 1.29 is 14.6 Å². The van der Waals surface area contributed by atoms with Gasteiger partial charge in [0, 0.05) is 36.5 Å². The number of fused-ring (bicyclic) bond motifs is 3. The number of aryl methyl sites for hydroxylation is 1. The number of benzene rings is 1. The van der Waals surface area contributed by atoms with Crippen LogP contribution < -0.4 is 15.6 Å². The van der Waals surface area contributed by atoms with Gasteiger partial charge in [-0.15, -0.1) is 0 Å². The van der Waals surface area contributed by atoms with Crippen molar-refractivity contribution in [3.8, 4) is 5.75 Å². The number of allylic oxidation sites excluding steroid dienone is 1. The molecule has 0 radical (unpaired) electrons. The summed E-state index contributed by atoms with van der Waals surface area (Å²) in [6.45, 7) is 10.2. The van der Waals surface area contributed by atoms with Crippen molar-refractivity contribution in [1.29, 1.82) is 0 Å². The van der Waals surface area contributed by atoms with Gasteiger partial charge in [-0.1, -0.05) is 20.4 Å². The van der Waals surface area contributed by atoms with Gasteiger partial charge in [0.2, 0.25) is 0 Å². The topological polar surface area (TPSA) is 93.5 Å². The molecule has 0 saturated heterocycles. The molecule has 2 aromatic heterocycles. The van der Waals surface area contributed by atoms with E-state index in [1.54, 1.807) is 24.0 Å². The number of rotatable bonds is 7. The molecule has 7 heteroatoms. The summed E-state index contributed by atoms with van der Waals surface area (Å²) in [5.41, 5.74) is 2.22. The average Bonchev–Trinajstić information content (AvgIpc) is 2.68. The lowest BCUT2D eigenvalue weighted by Gasteiger charge is -2.21. The Morgan fingerprint density at radius 2 is 2.03 bits per heavy atom. The van der Waals surface area contributed by atoms with E-state index in [4.69, 9.17) is 9.84 Å². The summed E-state index contributed by atoms with van der Waals surface area (Å²) in [5, 5.41) is 13.9. The Morgan fingerprint density at radius 3 is 2.67 bits per heavy atom. The van der Waals surface area contributed by atoms with E-state index in [1.807, 2.05) is 39.0 Å². The van der Waals surface area contributed by atoms with Crippen molar-refractivity contribution in [2.45, 2.75) is 33.2 Å². The van der Waals surface area contributed by atoms with Crippen LogP contribution in [-0.2, 0) is 7.05 Å². The molecule has 3 rings (SSSR count). The normalized spacial score (nSPS) is 12.3. The lowest BCUT2D eigenvalue weighted by atomic mass is 10.0. The molecule has 0 aliphatic carbocycles. The van der Waals surface area contributed by atoms with Gasteiger partial charge in [0.25, 0.3) is 5.56 Å². The standard InChI is InChI=1S/C23H27N3O4/c1-13(2)8-15(25-23(28)29)12-30-21-10-20-18(9-17(21)14(3)4)16-6-7-24-11-19(16)22(27)26(20)5/h6-7,9-11,13,15,25H,3,8,12H2,1-2,4-5H3,(H,28,29). The zero-order valence-corrected chi connectivity index (χ0v) is 17.7. The first kappa shape index (κ1) is 21.4. The van der Waals surface area contributed by atoms with Crippen LogP contribution in [0.25, 0.3) is 27.2 Å². The molecule has 1 amide bonds. The molecule has 3 aromatic rings. The van der Waals surface area contributed by atoms with E-state index in [-0.39, 0.29) is 18.2 Å².